The fraction of sp³-hybridized carbons (Fsp3) is 0.450. The lowest BCUT2D eigenvalue weighted by atomic mass is 9.97. The van der Waals surface area contributed by atoms with Gasteiger partial charge in [0.1, 0.15) is 0 Å². The number of aromatic nitrogens is 1. The van der Waals surface area contributed by atoms with Crippen molar-refractivity contribution in [2.45, 2.75) is 45.4 Å². The van der Waals surface area contributed by atoms with E-state index in [-0.39, 0.29) is 5.97 Å². The SMILES string of the molecule is C=C.CC.COC(=O)c1ccc2c(C3CCCC3)c(Br)n(C)c2c1. The predicted octanol–water partition coefficient (Wildman–Crippen LogP) is 6.21. The van der Waals surface area contributed by atoms with Gasteiger partial charge in [-0.05, 0) is 52.4 Å². The Morgan fingerprint density at radius 3 is 2.38 bits per heavy atom. The summed E-state index contributed by atoms with van der Waals surface area (Å²) in [5.41, 5.74) is 3.09. The van der Waals surface area contributed by atoms with Crippen LogP contribution in [0.4, 0.5) is 0 Å². The number of methoxy groups -OCH3 is 1. The Balaban J connectivity index is 0.000000671. The molecule has 1 aliphatic carbocycles. The zero-order valence-electron chi connectivity index (χ0n) is 15.2. The molecule has 2 aromatic rings. The van der Waals surface area contributed by atoms with E-state index in [1.54, 1.807) is 0 Å². The average Bonchev–Trinajstić information content (AvgIpc) is 3.25. The van der Waals surface area contributed by atoms with Gasteiger partial charge in [-0.25, -0.2) is 4.79 Å². The van der Waals surface area contributed by atoms with Gasteiger partial charge in [-0.2, -0.15) is 0 Å². The van der Waals surface area contributed by atoms with Gasteiger partial charge in [0.2, 0.25) is 0 Å². The number of hydrogen-bond acceptors (Lipinski definition) is 2. The van der Waals surface area contributed by atoms with Crippen molar-refractivity contribution in [2.75, 3.05) is 7.11 Å². The molecule has 1 aliphatic rings. The molecule has 0 spiro atoms. The number of carbonyl (C=O) groups excluding carboxylic acids is 1. The van der Waals surface area contributed by atoms with Gasteiger partial charge >= 0.3 is 5.97 Å². The summed E-state index contributed by atoms with van der Waals surface area (Å²) in [7, 11) is 3.45. The summed E-state index contributed by atoms with van der Waals surface area (Å²) in [6, 6.07) is 5.84. The third-order valence-corrected chi connectivity index (χ3v) is 5.31. The Kier molecular flexibility index (Phi) is 8.26. The van der Waals surface area contributed by atoms with Crippen molar-refractivity contribution in [2.24, 2.45) is 7.05 Å². The van der Waals surface area contributed by atoms with Crippen LogP contribution in [0, 0.1) is 0 Å². The number of carbonyl (C=O) groups is 1. The lowest BCUT2D eigenvalue weighted by molar-refractivity contribution is 0.0601. The zero-order valence-corrected chi connectivity index (χ0v) is 16.8. The van der Waals surface area contributed by atoms with Gasteiger partial charge in [-0.15, -0.1) is 13.2 Å². The summed E-state index contributed by atoms with van der Waals surface area (Å²) < 4.78 is 8.06. The molecular formula is C20H28BrNO2. The van der Waals surface area contributed by atoms with E-state index in [2.05, 4.69) is 39.7 Å². The summed E-state index contributed by atoms with van der Waals surface area (Å²) in [5, 5.41) is 1.25. The molecule has 0 aliphatic heterocycles. The fourth-order valence-electron chi connectivity index (χ4n) is 3.28. The summed E-state index contributed by atoms with van der Waals surface area (Å²) in [5.74, 6) is 0.351. The van der Waals surface area contributed by atoms with E-state index in [9.17, 15) is 4.79 Å². The van der Waals surface area contributed by atoms with Crippen LogP contribution in [0.3, 0.4) is 0 Å². The van der Waals surface area contributed by atoms with E-state index in [0.29, 0.717) is 11.5 Å². The minimum absolute atomic E-state index is 0.286. The minimum atomic E-state index is -0.286. The molecule has 0 atom stereocenters. The molecule has 132 valence electrons. The van der Waals surface area contributed by atoms with Crippen LogP contribution in [0.15, 0.2) is 36.0 Å². The molecular weight excluding hydrogens is 366 g/mol. The molecule has 0 radical (unpaired) electrons. The quantitative estimate of drug-likeness (QED) is 0.448. The Hall–Kier alpha value is -1.55. The molecule has 3 nitrogen and oxygen atoms in total. The van der Waals surface area contributed by atoms with Crippen molar-refractivity contribution in [3.05, 3.63) is 47.1 Å². The Morgan fingerprint density at radius 2 is 1.83 bits per heavy atom. The summed E-state index contributed by atoms with van der Waals surface area (Å²) >= 11 is 3.73. The lowest BCUT2D eigenvalue weighted by Crippen LogP contribution is -2.01. The fourth-order valence-corrected chi connectivity index (χ4v) is 4.01. The summed E-state index contributed by atoms with van der Waals surface area (Å²) in [4.78, 5) is 11.7. The van der Waals surface area contributed by atoms with Crippen LogP contribution in [0.2, 0.25) is 0 Å². The average molecular weight is 394 g/mol. The van der Waals surface area contributed by atoms with Crippen LogP contribution >= 0.6 is 15.9 Å². The van der Waals surface area contributed by atoms with Gasteiger partial charge in [-0.1, -0.05) is 32.8 Å². The molecule has 3 rings (SSSR count). The number of hydrogen-bond donors (Lipinski definition) is 0. The molecule has 0 unspecified atom stereocenters. The van der Waals surface area contributed by atoms with E-state index in [1.807, 2.05) is 33.0 Å². The van der Waals surface area contributed by atoms with E-state index in [1.165, 1.54) is 43.7 Å². The highest BCUT2D eigenvalue weighted by Crippen LogP contribution is 2.42. The number of nitrogens with zero attached hydrogens (tertiary/aromatic N) is 1. The number of ether oxygens (including phenoxy) is 1. The highest BCUT2D eigenvalue weighted by atomic mass is 79.9. The van der Waals surface area contributed by atoms with E-state index < -0.39 is 0 Å². The molecule has 0 amide bonds. The second kappa shape index (κ2) is 9.67. The first-order chi connectivity index (χ1) is 11.6. The maximum Gasteiger partial charge on any atom is 0.337 e. The Labute approximate surface area is 153 Å². The molecule has 1 aromatic carbocycles. The maximum atomic E-state index is 11.7. The summed E-state index contributed by atoms with van der Waals surface area (Å²) in [6.45, 7) is 10.0. The number of fused-ring (bicyclic) bond motifs is 1. The smallest absolute Gasteiger partial charge is 0.337 e. The molecule has 1 saturated carbocycles. The second-order valence-corrected chi connectivity index (χ2v) is 6.22. The van der Waals surface area contributed by atoms with Gasteiger partial charge < -0.3 is 9.30 Å². The van der Waals surface area contributed by atoms with Crippen LogP contribution in [0.25, 0.3) is 10.9 Å². The lowest BCUT2D eigenvalue weighted by Gasteiger charge is -2.09. The number of halogens is 1. The van der Waals surface area contributed by atoms with Crippen molar-refractivity contribution >= 4 is 32.8 Å². The highest BCUT2D eigenvalue weighted by molar-refractivity contribution is 9.10. The van der Waals surface area contributed by atoms with Crippen molar-refractivity contribution in [1.29, 1.82) is 0 Å². The molecule has 24 heavy (non-hydrogen) atoms. The topological polar surface area (TPSA) is 31.2 Å². The standard InChI is InChI=1S/C16H18BrNO2.C2H6.C2H4/c1-18-13-9-11(16(19)20-2)7-8-12(13)14(15(18)17)10-5-3-4-6-10;2*1-2/h7-10H,3-6H2,1-2H3;1-2H3;1-2H2. The van der Waals surface area contributed by atoms with Crippen molar-refractivity contribution < 1.29 is 9.53 Å². The third-order valence-electron chi connectivity index (χ3n) is 4.35. The van der Waals surface area contributed by atoms with Crippen LogP contribution in [0.1, 0.15) is 61.4 Å². The second-order valence-electron chi connectivity index (χ2n) is 5.47. The molecule has 1 heterocycles. The van der Waals surface area contributed by atoms with Gasteiger partial charge in [0.15, 0.2) is 0 Å². The van der Waals surface area contributed by atoms with E-state index in [0.717, 1.165) is 10.1 Å². The van der Waals surface area contributed by atoms with E-state index in [4.69, 9.17) is 4.74 Å². The molecule has 0 bridgehead atoms. The largest absolute Gasteiger partial charge is 0.465 e. The first-order valence-corrected chi connectivity index (χ1v) is 9.29. The van der Waals surface area contributed by atoms with Gasteiger partial charge in [0, 0.05) is 18.0 Å². The molecule has 4 heteroatoms. The van der Waals surface area contributed by atoms with Crippen molar-refractivity contribution in [1.82, 2.24) is 4.57 Å². The third kappa shape index (κ3) is 3.92. The molecule has 0 N–H and O–H groups in total. The number of rotatable bonds is 2. The first-order valence-electron chi connectivity index (χ1n) is 8.49. The van der Waals surface area contributed by atoms with Gasteiger partial charge in [-0.3, -0.25) is 0 Å². The van der Waals surface area contributed by atoms with Crippen LogP contribution in [-0.4, -0.2) is 17.6 Å². The zero-order chi connectivity index (χ0) is 18.3. The highest BCUT2D eigenvalue weighted by Gasteiger charge is 2.25. The normalized spacial score (nSPS) is 13.7. The minimum Gasteiger partial charge on any atom is -0.465 e. The number of esters is 1. The number of benzene rings is 1. The summed E-state index contributed by atoms with van der Waals surface area (Å²) in [6.07, 6.45) is 5.15. The van der Waals surface area contributed by atoms with Crippen LogP contribution in [0.5, 0.6) is 0 Å². The Morgan fingerprint density at radius 1 is 1.25 bits per heavy atom. The predicted molar refractivity (Wildman–Crippen MR) is 106 cm³/mol. The van der Waals surface area contributed by atoms with Crippen LogP contribution in [-0.2, 0) is 11.8 Å². The maximum absolute atomic E-state index is 11.7. The number of aryl methyl sites for hydroxylation is 1. The molecule has 1 fully saturated rings. The first kappa shape index (κ1) is 20.5. The molecule has 1 aromatic heterocycles. The van der Waals surface area contributed by atoms with E-state index >= 15 is 0 Å². The van der Waals surface area contributed by atoms with Gasteiger partial charge in [0.05, 0.1) is 17.3 Å². The Bertz CT molecular complexity index is 684. The van der Waals surface area contributed by atoms with Crippen molar-refractivity contribution in [3.8, 4) is 0 Å². The van der Waals surface area contributed by atoms with Gasteiger partial charge in [0.25, 0.3) is 0 Å². The van der Waals surface area contributed by atoms with Crippen LogP contribution < -0.4 is 0 Å². The monoisotopic (exact) mass is 393 g/mol. The molecule has 0 saturated heterocycles. The van der Waals surface area contributed by atoms with Crippen molar-refractivity contribution in [3.63, 3.8) is 0 Å².